The van der Waals surface area contributed by atoms with Crippen LogP contribution >= 0.6 is 0 Å². The van der Waals surface area contributed by atoms with E-state index in [4.69, 9.17) is 0 Å². The van der Waals surface area contributed by atoms with Gasteiger partial charge in [-0.1, -0.05) is 60.7 Å². The largest absolute Gasteiger partial charge is 0.279 e. The second kappa shape index (κ2) is 7.48. The quantitative estimate of drug-likeness (QED) is 0.518. The van der Waals surface area contributed by atoms with E-state index in [1.54, 1.807) is 36.5 Å². The molecule has 0 atom stereocenters. The van der Waals surface area contributed by atoms with Gasteiger partial charge in [-0.25, -0.2) is 8.42 Å². The number of aromatic nitrogens is 2. The number of benzene rings is 3. The third-order valence-corrected chi connectivity index (χ3v) is 5.79. The van der Waals surface area contributed by atoms with Crippen molar-refractivity contribution in [1.29, 1.82) is 0 Å². The predicted octanol–water partition coefficient (Wildman–Crippen LogP) is 3.97. The van der Waals surface area contributed by atoms with E-state index in [2.05, 4.69) is 5.10 Å². The molecule has 1 aromatic heterocycles. The summed E-state index contributed by atoms with van der Waals surface area (Å²) in [4.78, 5) is 13.4. The Bertz CT molecular complexity index is 1330. The minimum Gasteiger partial charge on any atom is -0.267 e. The van der Waals surface area contributed by atoms with E-state index in [9.17, 15) is 13.2 Å². The molecule has 0 spiro atoms. The minimum absolute atomic E-state index is 0.223. The molecule has 0 amide bonds. The predicted molar refractivity (Wildman–Crippen MR) is 114 cm³/mol. The molecule has 0 fully saturated rings. The van der Waals surface area contributed by atoms with Crippen LogP contribution in [0.1, 0.15) is 0 Å². The summed E-state index contributed by atoms with van der Waals surface area (Å²) in [5.74, 6) is 0. The average molecular weight is 402 g/mol. The number of nitrogens with zero attached hydrogens (tertiary/aromatic N) is 2. The van der Waals surface area contributed by atoms with Gasteiger partial charge in [0, 0.05) is 18.0 Å². The van der Waals surface area contributed by atoms with Crippen LogP contribution in [0.3, 0.4) is 0 Å². The summed E-state index contributed by atoms with van der Waals surface area (Å²) in [6.07, 6.45) is 2.78. The maximum Gasteiger partial charge on any atom is 0.279 e. The van der Waals surface area contributed by atoms with Crippen LogP contribution in [-0.4, -0.2) is 24.5 Å². The van der Waals surface area contributed by atoms with Crippen LogP contribution < -0.4 is 5.56 Å². The summed E-state index contributed by atoms with van der Waals surface area (Å²) in [5.41, 5.74) is 3.37. The fraction of sp³-hybridized carbons (Fsp3) is 0.0435. The Kier molecular flexibility index (Phi) is 4.86. The van der Waals surface area contributed by atoms with Crippen LogP contribution in [0.2, 0.25) is 0 Å². The van der Waals surface area contributed by atoms with Gasteiger partial charge in [0.2, 0.25) is 0 Å². The summed E-state index contributed by atoms with van der Waals surface area (Å²) < 4.78 is 24.8. The molecule has 0 N–H and O–H groups in total. The molecular formula is C23H18N2O3S. The number of rotatable bonds is 4. The molecular weight excluding hydrogens is 384 g/mol. The van der Waals surface area contributed by atoms with E-state index in [-0.39, 0.29) is 10.5 Å². The van der Waals surface area contributed by atoms with Gasteiger partial charge >= 0.3 is 0 Å². The van der Waals surface area contributed by atoms with Gasteiger partial charge in [0.1, 0.15) is 0 Å². The summed E-state index contributed by atoms with van der Waals surface area (Å²) in [7, 11) is -3.27. The van der Waals surface area contributed by atoms with Crippen molar-refractivity contribution in [2.75, 3.05) is 6.26 Å². The van der Waals surface area contributed by atoms with Crippen molar-refractivity contribution in [3.63, 3.8) is 0 Å². The maximum absolute atomic E-state index is 13.2. The van der Waals surface area contributed by atoms with Gasteiger partial charge in [0.15, 0.2) is 9.84 Å². The molecule has 0 aliphatic heterocycles. The van der Waals surface area contributed by atoms with Crippen LogP contribution in [0.25, 0.3) is 27.9 Å². The molecule has 6 heteroatoms. The molecule has 0 saturated heterocycles. The Labute approximate surface area is 168 Å². The zero-order chi connectivity index (χ0) is 20.4. The zero-order valence-corrected chi connectivity index (χ0v) is 16.5. The third-order valence-electron chi connectivity index (χ3n) is 4.66. The van der Waals surface area contributed by atoms with Crippen molar-refractivity contribution >= 4 is 9.84 Å². The van der Waals surface area contributed by atoms with Crippen molar-refractivity contribution in [3.05, 3.63) is 101 Å². The Balaban J connectivity index is 1.86. The first-order chi connectivity index (χ1) is 13.9. The zero-order valence-electron chi connectivity index (χ0n) is 15.7. The van der Waals surface area contributed by atoms with Crippen molar-refractivity contribution in [3.8, 4) is 27.9 Å². The fourth-order valence-corrected chi connectivity index (χ4v) is 3.84. The lowest BCUT2D eigenvalue weighted by molar-refractivity contribution is 0.602. The van der Waals surface area contributed by atoms with Gasteiger partial charge in [0.05, 0.1) is 16.1 Å². The normalized spacial score (nSPS) is 11.3. The third kappa shape index (κ3) is 3.75. The van der Waals surface area contributed by atoms with Gasteiger partial charge in [-0.15, -0.1) is 0 Å². The maximum atomic E-state index is 13.2. The smallest absolute Gasteiger partial charge is 0.267 e. The highest BCUT2D eigenvalue weighted by molar-refractivity contribution is 7.90. The standard InChI is InChI=1S/C23H18N2O3S/c1-29(27,28)19-13-11-18(12-14-19)20-9-5-6-10-22(20)25-23(26)21(15-16-24-25)17-7-3-2-4-8-17/h2-16H,1H3. The summed E-state index contributed by atoms with van der Waals surface area (Å²) in [6, 6.07) is 25.2. The minimum atomic E-state index is -3.27. The summed E-state index contributed by atoms with van der Waals surface area (Å²) in [6.45, 7) is 0. The fourth-order valence-electron chi connectivity index (χ4n) is 3.21. The molecule has 4 aromatic rings. The Morgan fingerprint density at radius 1 is 0.724 bits per heavy atom. The second-order valence-corrected chi connectivity index (χ2v) is 8.66. The molecule has 1 heterocycles. The molecule has 4 rings (SSSR count). The van der Waals surface area contributed by atoms with E-state index in [1.165, 1.54) is 10.9 Å². The van der Waals surface area contributed by atoms with Crippen LogP contribution in [0, 0.1) is 0 Å². The van der Waals surface area contributed by atoms with E-state index in [0.717, 1.165) is 16.7 Å². The SMILES string of the molecule is CS(=O)(=O)c1ccc(-c2ccccc2-n2nccc(-c3ccccc3)c2=O)cc1. The molecule has 144 valence electrons. The number of sulfone groups is 1. The van der Waals surface area contributed by atoms with Crippen LogP contribution in [-0.2, 0) is 9.84 Å². The first-order valence-electron chi connectivity index (χ1n) is 8.99. The highest BCUT2D eigenvalue weighted by atomic mass is 32.2. The lowest BCUT2D eigenvalue weighted by Gasteiger charge is -2.12. The highest BCUT2D eigenvalue weighted by Gasteiger charge is 2.13. The number of para-hydroxylation sites is 1. The Morgan fingerprint density at radius 2 is 1.34 bits per heavy atom. The second-order valence-electron chi connectivity index (χ2n) is 6.64. The monoisotopic (exact) mass is 402 g/mol. The van der Waals surface area contributed by atoms with E-state index >= 15 is 0 Å². The molecule has 5 nitrogen and oxygen atoms in total. The van der Waals surface area contributed by atoms with E-state index in [0.29, 0.717) is 11.3 Å². The van der Waals surface area contributed by atoms with Gasteiger partial charge in [-0.05, 0) is 35.4 Å². The Morgan fingerprint density at radius 3 is 2.03 bits per heavy atom. The molecule has 0 unspecified atom stereocenters. The topological polar surface area (TPSA) is 69.0 Å². The molecule has 29 heavy (non-hydrogen) atoms. The summed E-state index contributed by atoms with van der Waals surface area (Å²) >= 11 is 0. The van der Waals surface area contributed by atoms with E-state index in [1.807, 2.05) is 54.6 Å². The first kappa shape index (κ1) is 18.8. The molecule has 0 saturated carbocycles. The lowest BCUT2D eigenvalue weighted by Crippen LogP contribution is -2.22. The van der Waals surface area contributed by atoms with Crippen LogP contribution in [0.15, 0.2) is 101 Å². The van der Waals surface area contributed by atoms with Crippen molar-refractivity contribution in [1.82, 2.24) is 9.78 Å². The molecule has 0 aliphatic rings. The molecule has 0 aliphatic carbocycles. The Hall–Kier alpha value is -3.51. The average Bonchev–Trinajstić information content (AvgIpc) is 2.74. The first-order valence-corrected chi connectivity index (χ1v) is 10.9. The van der Waals surface area contributed by atoms with Crippen LogP contribution in [0.5, 0.6) is 0 Å². The van der Waals surface area contributed by atoms with Crippen molar-refractivity contribution in [2.45, 2.75) is 4.90 Å². The summed E-state index contributed by atoms with van der Waals surface area (Å²) in [5, 5.41) is 4.29. The van der Waals surface area contributed by atoms with Crippen LogP contribution in [0.4, 0.5) is 0 Å². The van der Waals surface area contributed by atoms with Gasteiger partial charge in [-0.2, -0.15) is 9.78 Å². The molecule has 0 radical (unpaired) electrons. The van der Waals surface area contributed by atoms with Gasteiger partial charge in [0.25, 0.3) is 5.56 Å². The molecule has 0 bridgehead atoms. The van der Waals surface area contributed by atoms with Gasteiger partial charge in [-0.3, -0.25) is 4.79 Å². The highest BCUT2D eigenvalue weighted by Crippen LogP contribution is 2.27. The van der Waals surface area contributed by atoms with Crippen molar-refractivity contribution in [2.24, 2.45) is 0 Å². The van der Waals surface area contributed by atoms with Gasteiger partial charge < -0.3 is 0 Å². The lowest BCUT2D eigenvalue weighted by atomic mass is 10.0. The molecule has 3 aromatic carbocycles. The number of hydrogen-bond donors (Lipinski definition) is 0. The van der Waals surface area contributed by atoms with Crippen molar-refractivity contribution < 1.29 is 8.42 Å². The number of hydrogen-bond acceptors (Lipinski definition) is 4. The van der Waals surface area contributed by atoms with E-state index < -0.39 is 9.84 Å².